The van der Waals surface area contributed by atoms with Gasteiger partial charge in [-0.3, -0.25) is 0 Å². The van der Waals surface area contributed by atoms with Crippen LogP contribution in [0.25, 0.3) is 22.8 Å². The van der Waals surface area contributed by atoms with Crippen molar-refractivity contribution in [2.75, 3.05) is 0 Å². The first-order valence-electron chi connectivity index (χ1n) is 11.8. The molecule has 0 N–H and O–H groups in total. The molecule has 0 aliphatic carbocycles. The molecular formula is C27H31N4+. The molecular weight excluding hydrogens is 380 g/mol. The van der Waals surface area contributed by atoms with E-state index in [0.717, 1.165) is 40.4 Å². The lowest BCUT2D eigenvalue weighted by molar-refractivity contribution is -0.659. The van der Waals surface area contributed by atoms with Crippen molar-refractivity contribution in [3.8, 4) is 22.8 Å². The van der Waals surface area contributed by atoms with Crippen LogP contribution in [0.4, 0.5) is 0 Å². The van der Waals surface area contributed by atoms with Gasteiger partial charge in [0.2, 0.25) is 0 Å². The smallest absolute Gasteiger partial charge is 0.294 e. The Hall–Kier alpha value is -3.14. The lowest BCUT2D eigenvalue weighted by Gasteiger charge is -2.18. The standard InChI is InChI=1S/C27H31N4/c1-17(2)21-8-7-9-22(18(3)4)26(21)31-13-12-29(6)27(31)23-15-20-16-25-28-10-11-30(25)24(20)14-19(23)5/h7-15,17-18H,16H2,1-6H3/q+1/i17D,18D. The summed E-state index contributed by atoms with van der Waals surface area (Å²) in [6.45, 7) is 9.81. The predicted molar refractivity (Wildman–Crippen MR) is 125 cm³/mol. The summed E-state index contributed by atoms with van der Waals surface area (Å²) in [6, 6.07) is 10.6. The largest absolute Gasteiger partial charge is 0.303 e. The van der Waals surface area contributed by atoms with Gasteiger partial charge >= 0.3 is 0 Å². The third-order valence-electron chi connectivity index (χ3n) is 6.35. The van der Waals surface area contributed by atoms with Crippen LogP contribution in [0.15, 0.2) is 55.1 Å². The summed E-state index contributed by atoms with van der Waals surface area (Å²) < 4.78 is 24.2. The SMILES string of the molecule is [2H]C(C)(C)c1cccc(C([2H])(C)C)c1-n1cc[n+](C)c1-c1cc2c(cc1C)-n1ccnc1C2. The minimum absolute atomic E-state index is 0.807. The van der Waals surface area contributed by atoms with Gasteiger partial charge in [-0.2, -0.15) is 4.57 Å². The van der Waals surface area contributed by atoms with E-state index in [9.17, 15) is 0 Å². The van der Waals surface area contributed by atoms with Crippen LogP contribution >= 0.6 is 0 Å². The molecule has 0 saturated carbocycles. The molecule has 0 amide bonds. The summed E-state index contributed by atoms with van der Waals surface area (Å²) in [6.07, 6.45) is 8.82. The van der Waals surface area contributed by atoms with Gasteiger partial charge in [0.1, 0.15) is 23.9 Å². The molecule has 0 atom stereocenters. The molecule has 4 nitrogen and oxygen atoms in total. The first kappa shape index (κ1) is 17.5. The Morgan fingerprint density at radius 2 is 1.74 bits per heavy atom. The van der Waals surface area contributed by atoms with Gasteiger partial charge in [0.15, 0.2) is 0 Å². The van der Waals surface area contributed by atoms with Crippen LogP contribution in [0, 0.1) is 6.92 Å². The highest BCUT2D eigenvalue weighted by Crippen LogP contribution is 2.36. The Kier molecular flexibility index (Phi) is 4.09. The number of para-hydroxylation sites is 1. The molecule has 0 saturated heterocycles. The summed E-state index contributed by atoms with van der Waals surface area (Å²) in [5, 5.41) is 0. The van der Waals surface area contributed by atoms with Gasteiger partial charge in [-0.1, -0.05) is 45.9 Å². The number of aryl methyl sites for hydroxylation is 2. The van der Waals surface area contributed by atoms with Crippen LogP contribution in [0.5, 0.6) is 0 Å². The predicted octanol–water partition coefficient (Wildman–Crippen LogP) is 5.61. The first-order chi connectivity index (χ1) is 15.5. The van der Waals surface area contributed by atoms with E-state index in [1.54, 1.807) is 0 Å². The Labute approximate surface area is 187 Å². The number of aromatic nitrogens is 4. The van der Waals surface area contributed by atoms with Gasteiger partial charge in [-0.15, -0.1) is 0 Å². The molecule has 0 bridgehead atoms. The fourth-order valence-corrected chi connectivity index (χ4v) is 4.79. The number of hydrogen-bond acceptors (Lipinski definition) is 1. The van der Waals surface area contributed by atoms with Gasteiger partial charge in [0, 0.05) is 32.7 Å². The lowest BCUT2D eigenvalue weighted by Crippen LogP contribution is -2.29. The molecule has 4 heteroatoms. The number of fused-ring (bicyclic) bond motifs is 3. The van der Waals surface area contributed by atoms with Crippen molar-refractivity contribution >= 4 is 0 Å². The van der Waals surface area contributed by atoms with E-state index in [1.165, 1.54) is 16.8 Å². The van der Waals surface area contributed by atoms with E-state index in [-0.39, 0.29) is 0 Å². The molecule has 2 aromatic carbocycles. The van der Waals surface area contributed by atoms with Gasteiger partial charge in [-0.05, 0) is 42.0 Å². The molecule has 5 rings (SSSR count). The number of benzene rings is 2. The summed E-state index contributed by atoms with van der Waals surface area (Å²) in [4.78, 5) is 4.50. The average Bonchev–Trinajstić information content (AvgIpc) is 3.40. The molecule has 158 valence electrons. The van der Waals surface area contributed by atoms with E-state index in [4.69, 9.17) is 2.74 Å². The fraction of sp³-hybridized carbons (Fsp3) is 0.333. The number of hydrogen-bond donors (Lipinski definition) is 0. The Morgan fingerprint density at radius 3 is 2.42 bits per heavy atom. The second-order valence-corrected chi connectivity index (χ2v) is 8.99. The second-order valence-electron chi connectivity index (χ2n) is 8.99. The maximum Gasteiger partial charge on any atom is 0.294 e. The van der Waals surface area contributed by atoms with Gasteiger partial charge in [0.05, 0.1) is 18.3 Å². The lowest BCUT2D eigenvalue weighted by atomic mass is 9.92. The van der Waals surface area contributed by atoms with Gasteiger partial charge in [-0.25, -0.2) is 9.55 Å². The maximum absolute atomic E-state index is 8.85. The van der Waals surface area contributed by atoms with Crippen LogP contribution in [-0.2, 0) is 13.5 Å². The Balaban J connectivity index is 1.78. The zero-order chi connectivity index (χ0) is 23.7. The van der Waals surface area contributed by atoms with Gasteiger partial charge in [0.25, 0.3) is 5.82 Å². The van der Waals surface area contributed by atoms with Crippen molar-refractivity contribution in [1.82, 2.24) is 14.1 Å². The summed E-state index contributed by atoms with van der Waals surface area (Å²) in [5.41, 5.74) is 7.56. The highest BCUT2D eigenvalue weighted by atomic mass is 15.1. The minimum Gasteiger partial charge on any atom is -0.303 e. The molecule has 0 radical (unpaired) electrons. The first-order valence-corrected chi connectivity index (χ1v) is 10.8. The topological polar surface area (TPSA) is 26.6 Å². The van der Waals surface area contributed by atoms with Crippen molar-refractivity contribution in [3.63, 3.8) is 0 Å². The highest BCUT2D eigenvalue weighted by Gasteiger charge is 2.29. The van der Waals surface area contributed by atoms with E-state index < -0.39 is 11.8 Å². The number of nitrogens with zero attached hydrogens (tertiary/aromatic N) is 4. The third-order valence-corrected chi connectivity index (χ3v) is 6.35. The molecule has 1 aliphatic rings. The molecule has 1 aliphatic heterocycles. The highest BCUT2D eigenvalue weighted by molar-refractivity contribution is 5.68. The maximum atomic E-state index is 8.85. The monoisotopic (exact) mass is 413 g/mol. The van der Waals surface area contributed by atoms with E-state index in [2.05, 4.69) is 57.2 Å². The quantitative estimate of drug-likeness (QED) is 0.352. The van der Waals surface area contributed by atoms with Crippen molar-refractivity contribution < 1.29 is 7.31 Å². The molecule has 2 aromatic heterocycles. The molecule has 4 aromatic rings. The van der Waals surface area contributed by atoms with Crippen molar-refractivity contribution in [1.29, 1.82) is 0 Å². The average molecular weight is 414 g/mol. The summed E-state index contributed by atoms with van der Waals surface area (Å²) in [5.74, 6) is 0.500. The number of imidazole rings is 2. The fourth-order valence-electron chi connectivity index (χ4n) is 4.79. The molecule has 0 spiro atoms. The minimum atomic E-state index is -0.807. The van der Waals surface area contributed by atoms with Crippen LogP contribution < -0.4 is 4.57 Å². The zero-order valence-corrected chi connectivity index (χ0v) is 19.2. The van der Waals surface area contributed by atoms with E-state index in [0.29, 0.717) is 0 Å². The van der Waals surface area contributed by atoms with Crippen LogP contribution in [-0.4, -0.2) is 14.1 Å². The van der Waals surface area contributed by atoms with Crippen molar-refractivity contribution in [3.05, 3.63) is 83.2 Å². The van der Waals surface area contributed by atoms with Crippen LogP contribution in [0.2, 0.25) is 0 Å². The summed E-state index contributed by atoms with van der Waals surface area (Å²) in [7, 11) is 2.06. The van der Waals surface area contributed by atoms with E-state index in [1.807, 2.05) is 58.3 Å². The second kappa shape index (κ2) is 7.23. The molecule has 31 heavy (non-hydrogen) atoms. The normalized spacial score (nSPS) is 14.3. The van der Waals surface area contributed by atoms with E-state index >= 15 is 0 Å². The van der Waals surface area contributed by atoms with Crippen molar-refractivity contribution in [2.24, 2.45) is 7.05 Å². The number of rotatable bonds is 4. The Bertz CT molecular complexity index is 1350. The third kappa shape index (κ3) is 3.04. The van der Waals surface area contributed by atoms with Gasteiger partial charge < -0.3 is 4.57 Å². The molecule has 0 fully saturated rings. The van der Waals surface area contributed by atoms with Crippen LogP contribution in [0.1, 0.15) is 70.3 Å². The molecule has 0 unspecified atom stereocenters. The zero-order valence-electron chi connectivity index (χ0n) is 21.2. The molecule has 3 heterocycles. The van der Waals surface area contributed by atoms with Crippen molar-refractivity contribution in [2.45, 2.75) is 52.8 Å². The summed E-state index contributed by atoms with van der Waals surface area (Å²) >= 11 is 0. The Morgan fingerprint density at radius 1 is 1.03 bits per heavy atom. The van der Waals surface area contributed by atoms with Crippen LogP contribution in [0.3, 0.4) is 0 Å².